The molecule has 0 aliphatic heterocycles. The first kappa shape index (κ1) is 28.3. The molecule has 0 amide bonds. The highest BCUT2D eigenvalue weighted by Crippen LogP contribution is 2.45. The first-order valence-electron chi connectivity index (χ1n) is 17.1. The van der Waals surface area contributed by atoms with Crippen molar-refractivity contribution in [2.24, 2.45) is 0 Å². The second-order valence-corrected chi connectivity index (χ2v) is 12.8. The number of rotatable bonds is 6. The molecule has 0 saturated heterocycles. The second kappa shape index (κ2) is 11.5. The summed E-state index contributed by atoms with van der Waals surface area (Å²) in [5.41, 5.74) is 8.18. The summed E-state index contributed by atoms with van der Waals surface area (Å²) in [6, 6.07) is 60.7. The quantitative estimate of drug-likeness (QED) is 0.103. The summed E-state index contributed by atoms with van der Waals surface area (Å²) < 4.78 is 2.41. The smallest absolute Gasteiger partial charge is 0.137 e. The maximum atomic E-state index is 4.84. The van der Waals surface area contributed by atoms with Gasteiger partial charge in [0.25, 0.3) is 0 Å². The van der Waals surface area contributed by atoms with Crippen molar-refractivity contribution in [2.75, 3.05) is 4.90 Å². The van der Waals surface area contributed by atoms with Crippen LogP contribution in [0.2, 0.25) is 0 Å². The third-order valence-electron chi connectivity index (χ3n) is 9.94. The molecule has 0 radical (unpaired) electrons. The van der Waals surface area contributed by atoms with Gasteiger partial charge in [-0.2, -0.15) is 0 Å². The highest BCUT2D eigenvalue weighted by atomic mass is 15.2. The number of fused-ring (bicyclic) bond motifs is 2. The highest BCUT2D eigenvalue weighted by molar-refractivity contribution is 6.25. The van der Waals surface area contributed by atoms with E-state index in [0.717, 1.165) is 22.8 Å². The number of aromatic nitrogens is 2. The van der Waals surface area contributed by atoms with Crippen molar-refractivity contribution in [1.82, 2.24) is 9.55 Å². The zero-order valence-electron chi connectivity index (χ0n) is 27.2. The van der Waals surface area contributed by atoms with Crippen LogP contribution in [-0.4, -0.2) is 9.55 Å². The fraction of sp³-hybridized carbons (Fsp3) is 0. The minimum Gasteiger partial charge on any atom is -0.309 e. The van der Waals surface area contributed by atoms with Crippen LogP contribution in [0.1, 0.15) is 11.1 Å². The molecule has 50 heavy (non-hydrogen) atoms. The zero-order valence-corrected chi connectivity index (χ0v) is 27.2. The van der Waals surface area contributed by atoms with E-state index >= 15 is 0 Å². The molecule has 10 aromatic rings. The molecule has 2 aromatic heterocycles. The maximum absolute atomic E-state index is 4.84. The van der Waals surface area contributed by atoms with Gasteiger partial charge in [0.1, 0.15) is 5.82 Å². The van der Waals surface area contributed by atoms with Crippen LogP contribution in [0.15, 0.2) is 176 Å². The molecule has 0 atom stereocenters. The molecule has 0 spiro atoms. The standard InChI is InChI=1S/C47H31N3/c1-3-15-35(16-4-1)49-42-23-13-14-33-26-27-34-30-32(31-43(49)46(34)45(33)42)25-28-39-37-19-7-9-21-40(37)47(41-22-10-8-20-38(39)41)50(36-17-5-2-6-18-36)44-24-11-12-29-48-44/h1-31H. The lowest BCUT2D eigenvalue weighted by Gasteiger charge is -2.28. The molecule has 8 aromatic carbocycles. The second-order valence-electron chi connectivity index (χ2n) is 12.8. The van der Waals surface area contributed by atoms with Crippen molar-refractivity contribution in [2.45, 2.75) is 0 Å². The summed E-state index contributed by atoms with van der Waals surface area (Å²) in [5, 5.41) is 9.89. The van der Waals surface area contributed by atoms with E-state index < -0.39 is 0 Å². The fourth-order valence-corrected chi connectivity index (χ4v) is 7.85. The molecule has 0 bridgehead atoms. The van der Waals surface area contributed by atoms with E-state index in [1.165, 1.54) is 65.4 Å². The Bertz CT molecular complexity index is 2760. The third-order valence-corrected chi connectivity index (χ3v) is 9.94. The molecule has 0 unspecified atom stereocenters. The first-order chi connectivity index (χ1) is 24.8. The summed E-state index contributed by atoms with van der Waals surface area (Å²) >= 11 is 0. The minimum atomic E-state index is 0.879. The van der Waals surface area contributed by atoms with E-state index in [9.17, 15) is 0 Å². The van der Waals surface area contributed by atoms with Gasteiger partial charge in [-0.05, 0) is 87.3 Å². The summed E-state index contributed by atoms with van der Waals surface area (Å²) in [5.74, 6) is 0.879. The maximum Gasteiger partial charge on any atom is 0.137 e. The average Bonchev–Trinajstić information content (AvgIpc) is 3.53. The van der Waals surface area contributed by atoms with Gasteiger partial charge in [-0.15, -0.1) is 0 Å². The SMILES string of the molecule is C(=Cc1c2ccccc2c(N(c2ccccc2)c2ccccn2)c2ccccc12)c1cc2ccc3cccc4c3c2c(c1)n4-c1ccccc1. The van der Waals surface area contributed by atoms with E-state index in [4.69, 9.17) is 4.98 Å². The molecule has 0 aliphatic rings. The molecule has 10 rings (SSSR count). The number of nitrogens with zero attached hydrogens (tertiary/aromatic N) is 3. The van der Waals surface area contributed by atoms with Crippen molar-refractivity contribution < 1.29 is 0 Å². The Morgan fingerprint density at radius 2 is 1.12 bits per heavy atom. The van der Waals surface area contributed by atoms with E-state index in [1.807, 2.05) is 12.3 Å². The van der Waals surface area contributed by atoms with Crippen molar-refractivity contribution in [3.05, 3.63) is 187 Å². The molecule has 3 nitrogen and oxygen atoms in total. The molecule has 0 N–H and O–H groups in total. The molecule has 3 heteroatoms. The molecule has 0 saturated carbocycles. The number of hydrogen-bond acceptors (Lipinski definition) is 2. The van der Waals surface area contributed by atoms with E-state index in [-0.39, 0.29) is 0 Å². The van der Waals surface area contributed by atoms with Gasteiger partial charge in [-0.3, -0.25) is 4.90 Å². The normalized spacial score (nSPS) is 11.9. The predicted molar refractivity (Wildman–Crippen MR) is 212 cm³/mol. The van der Waals surface area contributed by atoms with Gasteiger partial charge in [-0.25, -0.2) is 4.98 Å². The van der Waals surface area contributed by atoms with Crippen LogP contribution in [0.25, 0.3) is 72.0 Å². The van der Waals surface area contributed by atoms with E-state index in [0.29, 0.717) is 0 Å². The molecule has 0 aliphatic carbocycles. The Morgan fingerprint density at radius 1 is 0.480 bits per heavy atom. The van der Waals surface area contributed by atoms with E-state index in [2.05, 4.69) is 185 Å². The van der Waals surface area contributed by atoms with Crippen molar-refractivity contribution in [3.8, 4) is 5.69 Å². The molecule has 2 heterocycles. The van der Waals surface area contributed by atoms with Gasteiger partial charge in [-0.1, -0.05) is 127 Å². The van der Waals surface area contributed by atoms with Crippen molar-refractivity contribution >= 4 is 83.5 Å². The van der Waals surface area contributed by atoms with Gasteiger partial charge in [0.2, 0.25) is 0 Å². The Hall–Kier alpha value is -6.71. The molecule has 0 fully saturated rings. The number of para-hydroxylation sites is 2. The van der Waals surface area contributed by atoms with Gasteiger partial charge in [0, 0.05) is 39.1 Å². The Morgan fingerprint density at radius 3 is 1.84 bits per heavy atom. The third kappa shape index (κ3) is 4.41. The Balaban J connectivity index is 1.21. The number of pyridine rings is 1. The topological polar surface area (TPSA) is 21.1 Å². The van der Waals surface area contributed by atoms with Gasteiger partial charge >= 0.3 is 0 Å². The van der Waals surface area contributed by atoms with Gasteiger partial charge < -0.3 is 4.57 Å². The van der Waals surface area contributed by atoms with Gasteiger partial charge in [0.05, 0.1) is 16.7 Å². The fourth-order valence-electron chi connectivity index (χ4n) is 7.85. The highest BCUT2D eigenvalue weighted by Gasteiger charge is 2.22. The number of benzene rings is 8. The lowest BCUT2D eigenvalue weighted by atomic mass is 9.93. The Kier molecular flexibility index (Phi) is 6.49. The summed E-state index contributed by atoms with van der Waals surface area (Å²) in [7, 11) is 0. The van der Waals surface area contributed by atoms with Crippen LogP contribution in [-0.2, 0) is 0 Å². The van der Waals surface area contributed by atoms with E-state index in [1.54, 1.807) is 0 Å². The van der Waals surface area contributed by atoms with Crippen molar-refractivity contribution in [1.29, 1.82) is 0 Å². The lowest BCUT2D eigenvalue weighted by Crippen LogP contribution is -2.12. The Labute approximate surface area is 289 Å². The lowest BCUT2D eigenvalue weighted by molar-refractivity contribution is 1.18. The van der Waals surface area contributed by atoms with Crippen LogP contribution in [0.4, 0.5) is 17.2 Å². The average molecular weight is 638 g/mol. The summed E-state index contributed by atoms with van der Waals surface area (Å²) in [6.07, 6.45) is 6.46. The van der Waals surface area contributed by atoms with Crippen LogP contribution in [0.5, 0.6) is 0 Å². The molecular weight excluding hydrogens is 607 g/mol. The van der Waals surface area contributed by atoms with Crippen molar-refractivity contribution in [3.63, 3.8) is 0 Å². The molecular formula is C47H31N3. The summed E-state index contributed by atoms with van der Waals surface area (Å²) in [6.45, 7) is 0. The minimum absolute atomic E-state index is 0.879. The number of hydrogen-bond donors (Lipinski definition) is 0. The van der Waals surface area contributed by atoms with Gasteiger partial charge in [0.15, 0.2) is 0 Å². The van der Waals surface area contributed by atoms with Crippen LogP contribution < -0.4 is 4.90 Å². The van der Waals surface area contributed by atoms with Crippen LogP contribution in [0, 0.1) is 0 Å². The van der Waals surface area contributed by atoms with Crippen LogP contribution in [0.3, 0.4) is 0 Å². The predicted octanol–water partition coefficient (Wildman–Crippen LogP) is 12.7. The monoisotopic (exact) mass is 637 g/mol. The zero-order chi connectivity index (χ0) is 33.0. The first-order valence-corrected chi connectivity index (χ1v) is 17.1. The summed E-state index contributed by atoms with van der Waals surface area (Å²) in [4.78, 5) is 7.13. The largest absolute Gasteiger partial charge is 0.309 e. The number of anilines is 3. The molecule has 234 valence electrons. The van der Waals surface area contributed by atoms with Crippen LogP contribution >= 0.6 is 0 Å².